The first-order valence-electron chi connectivity index (χ1n) is 8.92. The molecule has 5 heteroatoms. The van der Waals surface area contributed by atoms with Gasteiger partial charge in [0, 0.05) is 13.7 Å². The molecule has 0 spiro atoms. The maximum atomic E-state index is 11.1. The minimum atomic E-state index is -1.08. The number of hydrogen-bond acceptors (Lipinski definition) is 4. The SMILES string of the molecule is COC12CCC(c3ccc(CNC(C)(C)C(=O)[O-])cc3)(CC1)CC2.[Na+]. The molecule has 0 heterocycles. The second-order valence-electron chi connectivity index (χ2n) is 8.13. The topological polar surface area (TPSA) is 61.4 Å². The van der Waals surface area contributed by atoms with Crippen LogP contribution in [0.15, 0.2) is 24.3 Å². The van der Waals surface area contributed by atoms with Crippen molar-refractivity contribution < 1.29 is 44.2 Å². The average molecular weight is 353 g/mol. The zero-order chi connectivity index (χ0) is 17.4. The number of hydrogen-bond donors (Lipinski definition) is 1. The molecule has 1 aromatic carbocycles. The summed E-state index contributed by atoms with van der Waals surface area (Å²) in [5, 5.41) is 14.1. The van der Waals surface area contributed by atoms with Gasteiger partial charge in [-0.2, -0.15) is 0 Å². The van der Waals surface area contributed by atoms with Gasteiger partial charge in [-0.1, -0.05) is 24.3 Å². The summed E-state index contributed by atoms with van der Waals surface area (Å²) >= 11 is 0. The Labute approximate surface area is 173 Å². The summed E-state index contributed by atoms with van der Waals surface area (Å²) in [4.78, 5) is 11.1. The van der Waals surface area contributed by atoms with Crippen LogP contribution in [0.5, 0.6) is 0 Å². The van der Waals surface area contributed by atoms with E-state index in [1.165, 1.54) is 24.8 Å². The van der Waals surface area contributed by atoms with E-state index in [4.69, 9.17) is 4.74 Å². The molecule has 3 aliphatic carbocycles. The molecule has 132 valence electrons. The van der Waals surface area contributed by atoms with Gasteiger partial charge < -0.3 is 20.0 Å². The maximum Gasteiger partial charge on any atom is 1.00 e. The molecule has 3 aliphatic rings. The van der Waals surface area contributed by atoms with Gasteiger partial charge >= 0.3 is 29.6 Å². The van der Waals surface area contributed by atoms with Gasteiger partial charge in [0.05, 0.1) is 17.1 Å². The third kappa shape index (κ3) is 4.14. The van der Waals surface area contributed by atoms with E-state index >= 15 is 0 Å². The smallest absolute Gasteiger partial charge is 0.548 e. The Morgan fingerprint density at radius 1 is 1.12 bits per heavy atom. The van der Waals surface area contributed by atoms with Crippen LogP contribution in [0, 0.1) is 0 Å². The predicted octanol–water partition coefficient (Wildman–Crippen LogP) is -0.700. The van der Waals surface area contributed by atoms with E-state index in [9.17, 15) is 9.90 Å². The van der Waals surface area contributed by atoms with Crippen LogP contribution in [0.4, 0.5) is 0 Å². The number of ether oxygens (including phenoxy) is 1. The van der Waals surface area contributed by atoms with E-state index in [1.807, 2.05) is 7.11 Å². The monoisotopic (exact) mass is 353 g/mol. The Morgan fingerprint density at radius 2 is 1.64 bits per heavy atom. The number of carbonyl (C=O) groups excluding carboxylic acids is 1. The zero-order valence-electron chi connectivity index (χ0n) is 16.0. The van der Waals surface area contributed by atoms with Crippen LogP contribution in [0.25, 0.3) is 0 Å². The van der Waals surface area contributed by atoms with E-state index < -0.39 is 11.5 Å². The Kier molecular flexibility index (Phi) is 6.44. The van der Waals surface area contributed by atoms with Crippen molar-refractivity contribution in [3.63, 3.8) is 0 Å². The number of carbonyl (C=O) groups is 1. The number of rotatable bonds is 6. The van der Waals surface area contributed by atoms with Crippen LogP contribution in [-0.2, 0) is 21.5 Å². The molecule has 0 atom stereocenters. The van der Waals surface area contributed by atoms with Crippen LogP contribution in [0.1, 0.15) is 63.5 Å². The molecule has 1 aromatic rings. The zero-order valence-corrected chi connectivity index (χ0v) is 18.0. The molecular weight excluding hydrogens is 325 g/mol. The molecule has 4 nitrogen and oxygen atoms in total. The first-order chi connectivity index (χ1) is 11.3. The third-order valence-electron chi connectivity index (χ3n) is 6.42. The summed E-state index contributed by atoms with van der Waals surface area (Å²) in [6.45, 7) is 3.78. The molecule has 1 N–H and O–H groups in total. The van der Waals surface area contributed by atoms with Gasteiger partial charge in [0.1, 0.15) is 0 Å². The molecule has 0 aliphatic heterocycles. The van der Waals surface area contributed by atoms with Gasteiger partial charge in [-0.25, -0.2) is 0 Å². The second kappa shape index (κ2) is 7.69. The van der Waals surface area contributed by atoms with Gasteiger partial charge in [0.2, 0.25) is 0 Å². The Bertz CT molecular complexity index is 587. The predicted molar refractivity (Wildman–Crippen MR) is 91.5 cm³/mol. The second-order valence-corrected chi connectivity index (χ2v) is 8.13. The number of aliphatic carboxylic acids is 1. The molecule has 25 heavy (non-hydrogen) atoms. The molecule has 0 aromatic heterocycles. The molecule has 3 fully saturated rings. The summed E-state index contributed by atoms with van der Waals surface area (Å²) in [5.74, 6) is -1.08. The molecule has 0 amide bonds. The number of fused-ring (bicyclic) bond motifs is 3. The van der Waals surface area contributed by atoms with Gasteiger partial charge in [0.15, 0.2) is 0 Å². The molecule has 0 saturated heterocycles. The summed E-state index contributed by atoms with van der Waals surface area (Å²) in [6, 6.07) is 8.70. The van der Waals surface area contributed by atoms with E-state index in [1.54, 1.807) is 13.8 Å². The third-order valence-corrected chi connectivity index (χ3v) is 6.42. The van der Waals surface area contributed by atoms with Crippen LogP contribution in [-0.4, -0.2) is 24.2 Å². The molecule has 2 bridgehead atoms. The molecule has 4 rings (SSSR count). The Hall–Kier alpha value is -0.390. The normalized spacial score (nSPS) is 28.4. The van der Waals surface area contributed by atoms with Gasteiger partial charge in [0.25, 0.3) is 0 Å². The van der Waals surface area contributed by atoms with Crippen molar-refractivity contribution in [2.45, 2.75) is 75.5 Å². The maximum absolute atomic E-state index is 11.1. The summed E-state index contributed by atoms with van der Waals surface area (Å²) < 4.78 is 5.79. The Balaban J connectivity index is 0.00000225. The van der Waals surface area contributed by atoms with Crippen molar-refractivity contribution in [3.05, 3.63) is 35.4 Å². The number of carboxylic acid groups (broad SMARTS) is 1. The van der Waals surface area contributed by atoms with Crippen molar-refractivity contribution in [2.24, 2.45) is 0 Å². The molecule has 3 saturated carbocycles. The van der Waals surface area contributed by atoms with E-state index in [2.05, 4.69) is 29.6 Å². The standard InChI is InChI=1S/C20H29NO3.Na/c1-18(2,17(22)23)21-14-15-4-6-16(7-5-15)19-8-11-20(24-3,12-9-19)13-10-19;/h4-7,21H,8-14H2,1-3H3,(H,22,23);/q;+1/p-1. The minimum absolute atomic E-state index is 0. The molecule has 0 unspecified atom stereocenters. The first kappa shape index (κ1) is 20.9. The molecular formula is C20H28NNaO3. The summed E-state index contributed by atoms with van der Waals surface area (Å²) in [5.41, 5.74) is 1.96. The number of benzene rings is 1. The summed E-state index contributed by atoms with van der Waals surface area (Å²) in [7, 11) is 1.86. The quantitative estimate of drug-likeness (QED) is 0.687. The largest absolute Gasteiger partial charge is 1.00 e. The van der Waals surface area contributed by atoms with Gasteiger partial charge in [-0.15, -0.1) is 0 Å². The average Bonchev–Trinajstić information content (AvgIpc) is 2.62. The summed E-state index contributed by atoms with van der Waals surface area (Å²) in [6.07, 6.45) is 7.09. The van der Waals surface area contributed by atoms with Crippen LogP contribution in [0.3, 0.4) is 0 Å². The fraction of sp³-hybridized carbons (Fsp3) is 0.650. The molecule has 0 radical (unpaired) electrons. The number of carboxylic acids is 1. The van der Waals surface area contributed by atoms with Crippen molar-refractivity contribution in [3.8, 4) is 0 Å². The van der Waals surface area contributed by atoms with Gasteiger partial charge in [-0.05, 0) is 68.9 Å². The van der Waals surface area contributed by atoms with Crippen molar-refractivity contribution in [1.82, 2.24) is 5.32 Å². The van der Waals surface area contributed by atoms with Crippen molar-refractivity contribution in [2.75, 3.05) is 7.11 Å². The Morgan fingerprint density at radius 3 is 2.08 bits per heavy atom. The minimum Gasteiger partial charge on any atom is -0.548 e. The van der Waals surface area contributed by atoms with Gasteiger partial charge in [-0.3, -0.25) is 0 Å². The first-order valence-corrected chi connectivity index (χ1v) is 8.92. The van der Waals surface area contributed by atoms with Crippen LogP contribution < -0.4 is 40.0 Å². The van der Waals surface area contributed by atoms with E-state index in [0.717, 1.165) is 24.8 Å². The van der Waals surface area contributed by atoms with E-state index in [0.29, 0.717) is 12.0 Å². The van der Waals surface area contributed by atoms with Crippen molar-refractivity contribution >= 4 is 5.97 Å². The van der Waals surface area contributed by atoms with Crippen LogP contribution >= 0.6 is 0 Å². The van der Waals surface area contributed by atoms with Crippen molar-refractivity contribution in [1.29, 1.82) is 0 Å². The fourth-order valence-electron chi connectivity index (χ4n) is 4.26. The number of nitrogens with one attached hydrogen (secondary N) is 1. The van der Waals surface area contributed by atoms with E-state index in [-0.39, 0.29) is 35.2 Å². The fourth-order valence-corrected chi connectivity index (χ4v) is 4.26. The number of methoxy groups -OCH3 is 1. The van der Waals surface area contributed by atoms with Crippen LogP contribution in [0.2, 0.25) is 0 Å².